The Kier molecular flexibility index (Phi) is 6.43. The average Bonchev–Trinajstić information content (AvgIpc) is 3.41. The Morgan fingerprint density at radius 2 is 1.82 bits per heavy atom. The number of amides is 1. The topological polar surface area (TPSA) is 115 Å². The van der Waals surface area contributed by atoms with Gasteiger partial charge >= 0.3 is 5.97 Å². The van der Waals surface area contributed by atoms with Crippen molar-refractivity contribution in [1.82, 2.24) is 9.97 Å². The minimum atomic E-state index is -1.63. The number of aliphatic hydroxyl groups is 1. The van der Waals surface area contributed by atoms with Gasteiger partial charge in [-0.15, -0.1) is 11.3 Å². The van der Waals surface area contributed by atoms with Gasteiger partial charge in [-0.3, -0.25) is 4.79 Å². The molecule has 2 aromatic heterocycles. The van der Waals surface area contributed by atoms with Crippen molar-refractivity contribution in [2.45, 2.75) is 62.7 Å². The summed E-state index contributed by atoms with van der Waals surface area (Å²) in [5.74, 6) is -0.530. The predicted molar refractivity (Wildman–Crippen MR) is 126 cm³/mol. The number of rotatable bonds is 7. The number of carbonyl (C=O) groups is 2. The first-order valence-electron chi connectivity index (χ1n) is 12.3. The molecular formula is C25H33N4O4S+. The molecule has 3 N–H and O–H groups in total. The highest BCUT2D eigenvalue weighted by atomic mass is 32.1. The molecule has 2 bridgehead atoms. The molecule has 34 heavy (non-hydrogen) atoms. The van der Waals surface area contributed by atoms with E-state index in [1.807, 2.05) is 17.5 Å². The van der Waals surface area contributed by atoms with Crippen LogP contribution >= 0.6 is 11.3 Å². The fraction of sp³-hybridized carbons (Fsp3) is 0.600. The van der Waals surface area contributed by atoms with Gasteiger partial charge in [0.1, 0.15) is 6.54 Å². The largest absolute Gasteiger partial charge is 0.454 e. The summed E-state index contributed by atoms with van der Waals surface area (Å²) in [5, 5.41) is 13.7. The molecule has 3 atom stereocenters. The van der Waals surface area contributed by atoms with Gasteiger partial charge in [-0.25, -0.2) is 14.8 Å². The Balaban J connectivity index is 1.41. The number of nitrogens with two attached hydrogens (primary N) is 1. The van der Waals surface area contributed by atoms with Crippen molar-refractivity contribution in [2.24, 2.45) is 17.6 Å². The van der Waals surface area contributed by atoms with Gasteiger partial charge in [0, 0.05) is 41.9 Å². The van der Waals surface area contributed by atoms with Gasteiger partial charge in [-0.05, 0) is 30.4 Å². The Hall–Kier alpha value is -2.36. The SMILES string of the molecule is NC(=O)C(c1ncccn1)[N+]12CCC(CC1)[C@@H](OC(=O)C(O)(c1cccs1)C1CCCCC1)C2. The van der Waals surface area contributed by atoms with Crippen LogP contribution < -0.4 is 5.73 Å². The number of primary amides is 1. The van der Waals surface area contributed by atoms with Gasteiger partial charge in [0.05, 0.1) is 13.1 Å². The van der Waals surface area contributed by atoms with Crippen molar-refractivity contribution < 1.29 is 23.9 Å². The molecule has 2 unspecified atom stereocenters. The minimum Gasteiger partial charge on any atom is -0.454 e. The Morgan fingerprint density at radius 1 is 1.12 bits per heavy atom. The highest BCUT2D eigenvalue weighted by Gasteiger charge is 2.56. The second kappa shape index (κ2) is 9.36. The normalized spacial score (nSPS) is 29.8. The van der Waals surface area contributed by atoms with Crippen molar-refractivity contribution in [3.63, 3.8) is 0 Å². The van der Waals surface area contributed by atoms with Crippen molar-refractivity contribution in [1.29, 1.82) is 0 Å². The Labute approximate surface area is 203 Å². The second-order valence-electron chi connectivity index (χ2n) is 10.1. The van der Waals surface area contributed by atoms with Crippen LogP contribution in [-0.2, 0) is 19.9 Å². The number of hydrogen-bond donors (Lipinski definition) is 2. The molecule has 4 fully saturated rings. The number of fused-ring (bicyclic) bond motifs is 3. The Bertz CT molecular complexity index is 1000. The van der Waals surface area contributed by atoms with Crippen LogP contribution in [0.2, 0.25) is 0 Å². The molecule has 9 heteroatoms. The van der Waals surface area contributed by atoms with Crippen molar-refractivity contribution in [3.8, 4) is 0 Å². The number of ether oxygens (including phenoxy) is 1. The summed E-state index contributed by atoms with van der Waals surface area (Å²) in [5.41, 5.74) is 4.25. The van der Waals surface area contributed by atoms with E-state index in [-0.39, 0.29) is 17.9 Å². The fourth-order valence-corrected chi connectivity index (χ4v) is 7.36. The van der Waals surface area contributed by atoms with E-state index in [9.17, 15) is 14.7 Å². The summed E-state index contributed by atoms with van der Waals surface area (Å²) in [4.78, 5) is 35.6. The number of esters is 1. The maximum atomic E-state index is 13.7. The number of thiophene rings is 1. The molecule has 6 rings (SSSR count). The standard InChI is InChI=1S/C25H32N4O4S/c26-22(30)21(23-27-11-5-12-28-23)29-13-9-17(10-14-29)19(16-29)33-24(31)25(32,20-8-4-15-34-20)18-6-2-1-3-7-18/h4-5,8,11-12,15,17-19,21,32H,1-3,6-7,9-10,13-14,16H2,(H-,26,30)/p+1/t17?,19-,21?,25?,29?/m0/s1. The third-order valence-electron chi connectivity index (χ3n) is 8.27. The first-order valence-corrected chi connectivity index (χ1v) is 13.2. The molecule has 3 saturated heterocycles. The van der Waals surface area contributed by atoms with E-state index < -0.39 is 23.5 Å². The number of carbonyl (C=O) groups excluding carboxylic acids is 2. The van der Waals surface area contributed by atoms with Crippen molar-refractivity contribution >= 4 is 23.2 Å². The first-order chi connectivity index (χ1) is 16.4. The molecule has 5 heterocycles. The lowest BCUT2D eigenvalue weighted by Crippen LogP contribution is -2.68. The molecule has 182 valence electrons. The molecule has 1 aliphatic carbocycles. The van der Waals surface area contributed by atoms with Crippen LogP contribution in [0.4, 0.5) is 0 Å². The number of piperidine rings is 3. The van der Waals surface area contributed by atoms with Crippen LogP contribution in [0.5, 0.6) is 0 Å². The van der Waals surface area contributed by atoms with Gasteiger partial charge in [0.15, 0.2) is 17.5 Å². The number of hydrogen-bond acceptors (Lipinski definition) is 7. The number of quaternary nitrogens is 1. The highest BCUT2D eigenvalue weighted by Crippen LogP contribution is 2.45. The monoisotopic (exact) mass is 485 g/mol. The van der Waals surface area contributed by atoms with Crippen LogP contribution in [0, 0.1) is 11.8 Å². The van der Waals surface area contributed by atoms with Crippen LogP contribution in [0.1, 0.15) is 61.7 Å². The number of nitrogens with zero attached hydrogens (tertiary/aromatic N) is 3. The molecule has 1 amide bonds. The molecule has 3 aliphatic heterocycles. The van der Waals surface area contributed by atoms with Gasteiger partial charge in [0.2, 0.25) is 6.04 Å². The number of aromatic nitrogens is 2. The summed E-state index contributed by atoms with van der Waals surface area (Å²) in [6, 6.07) is 4.73. The van der Waals surface area contributed by atoms with Gasteiger partial charge < -0.3 is 20.1 Å². The lowest BCUT2D eigenvalue weighted by Gasteiger charge is -2.54. The second-order valence-corrected chi connectivity index (χ2v) is 11.1. The minimum absolute atomic E-state index is 0.146. The summed E-state index contributed by atoms with van der Waals surface area (Å²) >= 11 is 1.40. The fourth-order valence-electron chi connectivity index (χ4n) is 6.47. The van der Waals surface area contributed by atoms with E-state index in [1.54, 1.807) is 18.5 Å². The molecule has 4 aliphatic rings. The maximum absolute atomic E-state index is 13.7. The Morgan fingerprint density at radius 3 is 2.44 bits per heavy atom. The van der Waals surface area contributed by atoms with Crippen LogP contribution in [0.15, 0.2) is 36.0 Å². The maximum Gasteiger partial charge on any atom is 0.344 e. The third kappa shape index (κ3) is 4.03. The molecule has 8 nitrogen and oxygen atoms in total. The molecular weight excluding hydrogens is 452 g/mol. The van der Waals surface area contributed by atoms with E-state index in [1.165, 1.54) is 11.3 Å². The van der Waals surface area contributed by atoms with Crippen molar-refractivity contribution in [2.75, 3.05) is 19.6 Å². The van der Waals surface area contributed by atoms with Gasteiger partial charge in [0.25, 0.3) is 5.91 Å². The van der Waals surface area contributed by atoms with E-state index in [0.29, 0.717) is 21.7 Å². The van der Waals surface area contributed by atoms with E-state index in [0.717, 1.165) is 58.0 Å². The molecule has 0 radical (unpaired) electrons. The van der Waals surface area contributed by atoms with Crippen LogP contribution in [0.3, 0.4) is 0 Å². The summed E-state index contributed by atoms with van der Waals surface area (Å²) in [7, 11) is 0. The molecule has 1 saturated carbocycles. The van der Waals surface area contributed by atoms with Crippen LogP contribution in [0.25, 0.3) is 0 Å². The predicted octanol–water partition coefficient (Wildman–Crippen LogP) is 2.68. The summed E-state index contributed by atoms with van der Waals surface area (Å²) in [6.07, 6.45) is 9.29. The van der Waals surface area contributed by atoms with Crippen molar-refractivity contribution in [3.05, 3.63) is 46.7 Å². The average molecular weight is 486 g/mol. The van der Waals surface area contributed by atoms with Gasteiger partial charge in [-0.1, -0.05) is 25.3 Å². The third-order valence-corrected chi connectivity index (χ3v) is 9.26. The first kappa shape index (κ1) is 23.4. The quantitative estimate of drug-likeness (QED) is 0.460. The van der Waals surface area contributed by atoms with Crippen LogP contribution in [-0.4, -0.2) is 57.2 Å². The highest BCUT2D eigenvalue weighted by molar-refractivity contribution is 7.10. The van der Waals surface area contributed by atoms with Gasteiger partial charge in [-0.2, -0.15) is 0 Å². The molecule has 2 aromatic rings. The molecule has 0 aromatic carbocycles. The lowest BCUT2D eigenvalue weighted by atomic mass is 9.75. The zero-order valence-corrected chi connectivity index (χ0v) is 20.2. The summed E-state index contributed by atoms with van der Waals surface area (Å²) in [6.45, 7) is 2.01. The lowest BCUT2D eigenvalue weighted by molar-refractivity contribution is -0.965. The summed E-state index contributed by atoms with van der Waals surface area (Å²) < 4.78 is 6.56. The van der Waals surface area contributed by atoms with E-state index in [4.69, 9.17) is 10.5 Å². The van der Waals surface area contributed by atoms with E-state index in [2.05, 4.69) is 9.97 Å². The molecule has 0 spiro atoms. The smallest absolute Gasteiger partial charge is 0.344 e. The zero-order chi connectivity index (χ0) is 23.8. The van der Waals surface area contributed by atoms with E-state index >= 15 is 0 Å². The zero-order valence-electron chi connectivity index (χ0n) is 19.3.